The smallest absolute Gasteiger partial charge is 0.280 e. The molecule has 2 unspecified atom stereocenters. The van der Waals surface area contributed by atoms with Crippen LogP contribution in [0.5, 0.6) is 0 Å². The lowest BCUT2D eigenvalue weighted by atomic mass is 10.1. The maximum absolute atomic E-state index is 12.6. The summed E-state index contributed by atoms with van der Waals surface area (Å²) in [4.78, 5) is 25.6. The summed E-state index contributed by atoms with van der Waals surface area (Å²) in [7, 11) is 0. The fraction of sp³-hybridized carbons (Fsp3) is 0.207. The molecule has 3 aromatic heterocycles. The van der Waals surface area contributed by atoms with Gasteiger partial charge in [0.25, 0.3) is 5.91 Å². The van der Waals surface area contributed by atoms with Gasteiger partial charge in [0.1, 0.15) is 17.8 Å². The molecule has 2 aromatic carbocycles. The molecule has 5 aromatic rings. The molecule has 39 heavy (non-hydrogen) atoms. The molecule has 1 amide bonds. The van der Waals surface area contributed by atoms with Gasteiger partial charge in [0, 0.05) is 12.1 Å². The molecular weight excluding hydrogens is 510 g/mol. The Hall–Kier alpha value is -4.41. The van der Waals surface area contributed by atoms with E-state index >= 15 is 0 Å². The summed E-state index contributed by atoms with van der Waals surface area (Å²) in [6, 6.07) is 15.6. The van der Waals surface area contributed by atoms with Crippen LogP contribution >= 0.6 is 11.3 Å². The largest absolute Gasteiger partial charge is 0.393 e. The van der Waals surface area contributed by atoms with Gasteiger partial charge in [-0.05, 0) is 37.0 Å². The number of hydrogen-bond acceptors (Lipinski definition) is 8. The van der Waals surface area contributed by atoms with E-state index < -0.39 is 0 Å². The van der Waals surface area contributed by atoms with E-state index in [0.29, 0.717) is 40.5 Å². The van der Waals surface area contributed by atoms with Crippen LogP contribution in [0.15, 0.2) is 80.2 Å². The molecule has 1 aliphatic rings. The van der Waals surface area contributed by atoms with Gasteiger partial charge in [-0.3, -0.25) is 4.79 Å². The Bertz CT molecular complexity index is 1600. The number of para-hydroxylation sites is 1. The minimum absolute atomic E-state index is 0.0764. The molecule has 0 saturated heterocycles. The second-order valence-corrected chi connectivity index (χ2v) is 10.2. The fourth-order valence-corrected chi connectivity index (χ4v) is 5.50. The quantitative estimate of drug-likeness (QED) is 0.257. The number of fused-ring (bicyclic) bond motifs is 2. The Morgan fingerprint density at radius 1 is 1.13 bits per heavy atom. The average molecular weight is 540 g/mol. The zero-order valence-corrected chi connectivity index (χ0v) is 22.1. The van der Waals surface area contributed by atoms with Crippen molar-refractivity contribution in [2.75, 3.05) is 5.73 Å². The molecule has 2 atom stereocenters. The predicted molar refractivity (Wildman–Crippen MR) is 155 cm³/mol. The number of nitrogens with one attached hydrogen (secondary N) is 1. The normalized spacial score (nSPS) is 16.5. The number of aliphatic hydroxyl groups excluding tert-OH is 1. The Morgan fingerprint density at radius 2 is 1.90 bits per heavy atom. The van der Waals surface area contributed by atoms with Gasteiger partial charge in [-0.2, -0.15) is 5.10 Å². The van der Waals surface area contributed by atoms with Gasteiger partial charge < -0.3 is 16.2 Å². The number of thiazole rings is 1. The molecule has 0 radical (unpaired) electrons. The first kappa shape index (κ1) is 26.2. The van der Waals surface area contributed by atoms with Gasteiger partial charge in [-0.1, -0.05) is 61.7 Å². The Morgan fingerprint density at radius 3 is 2.59 bits per heavy atom. The number of hydrogen-bond donors (Lipinski definition) is 3. The van der Waals surface area contributed by atoms with Crippen LogP contribution in [-0.4, -0.2) is 41.9 Å². The molecule has 10 heteroatoms. The van der Waals surface area contributed by atoms with Crippen molar-refractivity contribution in [3.8, 4) is 11.3 Å². The highest BCUT2D eigenvalue weighted by Gasteiger charge is 2.28. The van der Waals surface area contributed by atoms with E-state index in [-0.39, 0.29) is 18.1 Å². The minimum Gasteiger partial charge on any atom is -0.393 e. The summed E-state index contributed by atoms with van der Waals surface area (Å²) in [5.41, 5.74) is 10.3. The number of nitrogens with two attached hydrogens (primary N) is 1. The maximum Gasteiger partial charge on any atom is 0.280 e. The summed E-state index contributed by atoms with van der Waals surface area (Å²) in [5.74, 6) is 0.186. The predicted octanol–water partition coefficient (Wildman–Crippen LogP) is 5.06. The Balaban J connectivity index is 0.000000723. The number of anilines is 1. The number of rotatable bonds is 6. The van der Waals surface area contributed by atoms with Crippen molar-refractivity contribution in [3.63, 3.8) is 0 Å². The SMILES string of the molecule is C=CC=C.Nc1ncnc2c1c(-c1ccc(CNC(=O)c3nc4ccccc4s3)cc1)nn2C1CCC(O)C1. The van der Waals surface area contributed by atoms with Gasteiger partial charge in [-0.15, -0.1) is 11.3 Å². The zero-order valence-electron chi connectivity index (χ0n) is 21.3. The maximum atomic E-state index is 12.6. The number of carbonyl (C=O) groups is 1. The van der Waals surface area contributed by atoms with Crippen LogP contribution in [0.25, 0.3) is 32.5 Å². The van der Waals surface area contributed by atoms with E-state index in [0.717, 1.165) is 34.2 Å². The van der Waals surface area contributed by atoms with Gasteiger partial charge in [0.05, 0.1) is 27.7 Å². The monoisotopic (exact) mass is 539 g/mol. The number of nitrogens with zero attached hydrogens (tertiary/aromatic N) is 5. The van der Waals surface area contributed by atoms with E-state index in [1.54, 1.807) is 12.2 Å². The van der Waals surface area contributed by atoms with Crippen LogP contribution in [0.2, 0.25) is 0 Å². The summed E-state index contributed by atoms with van der Waals surface area (Å²) in [6.45, 7) is 7.11. The van der Waals surface area contributed by atoms with Crippen molar-refractivity contribution in [3.05, 3.63) is 90.7 Å². The molecule has 9 nitrogen and oxygen atoms in total. The highest BCUT2D eigenvalue weighted by atomic mass is 32.1. The van der Waals surface area contributed by atoms with Crippen molar-refractivity contribution >= 4 is 44.3 Å². The molecular formula is C29H29N7O2S. The van der Waals surface area contributed by atoms with E-state index in [9.17, 15) is 9.90 Å². The summed E-state index contributed by atoms with van der Waals surface area (Å²) in [6.07, 6.45) is 6.64. The number of amides is 1. The molecule has 0 aliphatic heterocycles. The Labute approximate surface area is 229 Å². The molecule has 0 spiro atoms. The molecule has 4 N–H and O–H groups in total. The third-order valence-corrected chi connectivity index (χ3v) is 7.61. The van der Waals surface area contributed by atoms with E-state index in [4.69, 9.17) is 10.8 Å². The first-order chi connectivity index (χ1) is 19.0. The van der Waals surface area contributed by atoms with Gasteiger partial charge in [-0.25, -0.2) is 19.6 Å². The third kappa shape index (κ3) is 5.57. The van der Waals surface area contributed by atoms with Crippen LogP contribution < -0.4 is 11.1 Å². The standard InChI is InChI=1S/C25H23N7O2S.C4H6/c26-22-20-21(31-32(23(20)29-13-28-22)16-9-10-17(33)11-16)15-7-5-14(6-8-15)12-27-24(34)25-30-18-3-1-2-4-19(18)35-25;1-3-4-2/h1-8,13,16-17,33H,9-12H2,(H,27,34)(H2,26,28,29);3-4H,1-2H2. The molecule has 198 valence electrons. The summed E-state index contributed by atoms with van der Waals surface area (Å²) < 4.78 is 2.87. The highest BCUT2D eigenvalue weighted by Crippen LogP contribution is 2.36. The summed E-state index contributed by atoms with van der Waals surface area (Å²) >= 11 is 1.38. The molecule has 1 fully saturated rings. The third-order valence-electron chi connectivity index (χ3n) is 6.58. The van der Waals surface area contributed by atoms with Crippen molar-refractivity contribution in [2.45, 2.75) is 38.0 Å². The number of aliphatic hydroxyl groups is 1. The average Bonchev–Trinajstić information content (AvgIpc) is 3.69. The number of nitrogen functional groups attached to an aromatic ring is 1. The first-order valence-corrected chi connectivity index (χ1v) is 13.4. The molecule has 3 heterocycles. The van der Waals surface area contributed by atoms with E-state index in [1.165, 1.54) is 17.7 Å². The Kier molecular flexibility index (Phi) is 7.76. The second kappa shape index (κ2) is 11.5. The fourth-order valence-electron chi connectivity index (χ4n) is 4.62. The van der Waals surface area contributed by atoms with Crippen molar-refractivity contribution in [1.82, 2.24) is 30.0 Å². The van der Waals surface area contributed by atoms with Crippen molar-refractivity contribution < 1.29 is 9.90 Å². The second-order valence-electron chi connectivity index (χ2n) is 9.21. The molecule has 1 saturated carbocycles. The van der Waals surface area contributed by atoms with E-state index in [1.807, 2.05) is 53.2 Å². The number of benzene rings is 2. The van der Waals surface area contributed by atoms with Gasteiger partial charge >= 0.3 is 0 Å². The topological polar surface area (TPSA) is 132 Å². The highest BCUT2D eigenvalue weighted by molar-refractivity contribution is 7.20. The molecule has 6 rings (SSSR count). The van der Waals surface area contributed by atoms with Gasteiger partial charge in [0.15, 0.2) is 10.7 Å². The van der Waals surface area contributed by atoms with Gasteiger partial charge in [0.2, 0.25) is 0 Å². The number of allylic oxidation sites excluding steroid dienone is 2. The lowest BCUT2D eigenvalue weighted by Crippen LogP contribution is -2.22. The van der Waals surface area contributed by atoms with Crippen molar-refractivity contribution in [1.29, 1.82) is 0 Å². The van der Waals surface area contributed by atoms with Crippen LogP contribution in [-0.2, 0) is 6.54 Å². The minimum atomic E-state index is -0.320. The lowest BCUT2D eigenvalue weighted by molar-refractivity contribution is 0.0950. The van der Waals surface area contributed by atoms with Crippen molar-refractivity contribution in [2.24, 2.45) is 0 Å². The van der Waals surface area contributed by atoms with Crippen LogP contribution in [0.4, 0.5) is 5.82 Å². The molecule has 0 bridgehead atoms. The number of aromatic nitrogens is 5. The zero-order chi connectivity index (χ0) is 27.4. The molecule has 1 aliphatic carbocycles. The van der Waals surface area contributed by atoms with E-state index in [2.05, 4.69) is 33.4 Å². The van der Waals surface area contributed by atoms with Crippen LogP contribution in [0.1, 0.15) is 40.7 Å². The number of carbonyl (C=O) groups excluding carboxylic acids is 1. The lowest BCUT2D eigenvalue weighted by Gasteiger charge is -2.10. The van der Waals surface area contributed by atoms with Crippen LogP contribution in [0, 0.1) is 0 Å². The first-order valence-electron chi connectivity index (χ1n) is 12.6. The summed E-state index contributed by atoms with van der Waals surface area (Å²) in [5, 5.41) is 19.0. The van der Waals surface area contributed by atoms with Crippen LogP contribution in [0.3, 0.4) is 0 Å².